The quantitative estimate of drug-likeness (QED) is 0.244. The number of likely N-dealkylation sites (tertiary alicyclic amines) is 1. The number of aromatic nitrogens is 3. The summed E-state index contributed by atoms with van der Waals surface area (Å²) in [5.74, 6) is -1.36. The summed E-state index contributed by atoms with van der Waals surface area (Å²) in [6.07, 6.45) is 6.02. The third kappa shape index (κ3) is 5.87. The Bertz CT molecular complexity index is 2040. The van der Waals surface area contributed by atoms with Gasteiger partial charge in [0.15, 0.2) is 5.82 Å². The molecule has 2 saturated heterocycles. The first kappa shape index (κ1) is 33.7. The molecule has 268 valence electrons. The average Bonchev–Trinajstić information content (AvgIpc) is 3.43. The molecule has 0 amide bonds. The van der Waals surface area contributed by atoms with Gasteiger partial charge in [0.2, 0.25) is 5.88 Å². The topological polar surface area (TPSA) is 137 Å². The van der Waals surface area contributed by atoms with Crippen molar-refractivity contribution in [3.63, 3.8) is 0 Å². The third-order valence-electron chi connectivity index (χ3n) is 11.6. The number of methoxy groups -OCH3 is 1. The van der Waals surface area contributed by atoms with Crippen LogP contribution in [0.3, 0.4) is 0 Å². The van der Waals surface area contributed by atoms with Gasteiger partial charge in [-0.05, 0) is 75.6 Å². The maximum atomic E-state index is 17.0. The lowest BCUT2D eigenvalue weighted by Crippen LogP contribution is -2.60. The minimum atomic E-state index is -0.854. The lowest BCUT2D eigenvalue weighted by atomic mass is 9.65. The number of aliphatic hydroxyl groups excluding tert-OH is 1. The minimum absolute atomic E-state index is 0.00215. The summed E-state index contributed by atoms with van der Waals surface area (Å²) in [6.45, 7) is 4.33. The summed E-state index contributed by atoms with van der Waals surface area (Å²) < 4.78 is 50.2. The van der Waals surface area contributed by atoms with Gasteiger partial charge in [-0.3, -0.25) is 4.90 Å². The zero-order chi connectivity index (χ0) is 35.5. The van der Waals surface area contributed by atoms with Gasteiger partial charge >= 0.3 is 6.01 Å². The lowest BCUT2D eigenvalue weighted by molar-refractivity contribution is -0.0629. The van der Waals surface area contributed by atoms with Gasteiger partial charge in [0, 0.05) is 41.5 Å². The number of pyridine rings is 1. The second-order valence-electron chi connectivity index (χ2n) is 15.0. The summed E-state index contributed by atoms with van der Waals surface area (Å²) in [7, 11) is 1.40. The Hall–Kier alpha value is -4.38. The van der Waals surface area contributed by atoms with E-state index in [0.29, 0.717) is 37.2 Å². The third-order valence-corrected chi connectivity index (χ3v) is 11.6. The highest BCUT2D eigenvalue weighted by molar-refractivity contribution is 6.02. The molecule has 0 spiro atoms. The molecular weight excluding hydrogens is 658 g/mol. The first-order valence-electron chi connectivity index (χ1n) is 17.8. The van der Waals surface area contributed by atoms with Crippen molar-refractivity contribution in [2.45, 2.75) is 70.1 Å². The Kier molecular flexibility index (Phi) is 8.60. The smallest absolute Gasteiger partial charge is 0.319 e. The number of rotatable bonds is 7. The van der Waals surface area contributed by atoms with Crippen molar-refractivity contribution in [1.82, 2.24) is 19.9 Å². The van der Waals surface area contributed by atoms with Gasteiger partial charge in [-0.15, -0.1) is 0 Å². The first-order chi connectivity index (χ1) is 24.6. The number of aliphatic hydroxyl groups is 1. The van der Waals surface area contributed by atoms with E-state index >= 15 is 8.78 Å². The fourth-order valence-electron chi connectivity index (χ4n) is 9.15. The molecule has 2 saturated carbocycles. The number of phenolic OH excluding ortho intramolecular Hbond substituents is 1. The number of anilines is 1. The van der Waals surface area contributed by atoms with Crippen molar-refractivity contribution in [1.29, 1.82) is 5.26 Å². The fraction of sp³-hybridized carbons (Fsp3) is 0.526. The van der Waals surface area contributed by atoms with Crippen LogP contribution in [0, 0.1) is 33.8 Å². The van der Waals surface area contributed by atoms with Gasteiger partial charge < -0.3 is 29.3 Å². The monoisotopic (exact) mass is 700 g/mol. The molecule has 0 radical (unpaired) electrons. The highest BCUT2D eigenvalue weighted by Gasteiger charge is 2.54. The predicted molar refractivity (Wildman–Crippen MR) is 186 cm³/mol. The van der Waals surface area contributed by atoms with E-state index in [4.69, 9.17) is 19.2 Å². The normalized spacial score (nSPS) is 28.2. The van der Waals surface area contributed by atoms with E-state index in [1.807, 2.05) is 6.92 Å². The van der Waals surface area contributed by atoms with E-state index in [1.54, 1.807) is 11.0 Å². The van der Waals surface area contributed by atoms with Crippen molar-refractivity contribution in [2.75, 3.05) is 51.5 Å². The Balaban J connectivity index is 1.23. The first-order valence-corrected chi connectivity index (χ1v) is 17.8. The number of nitriles is 1. The van der Waals surface area contributed by atoms with E-state index < -0.39 is 17.7 Å². The average molecular weight is 701 g/mol. The standard InChI is InChI=1S/C38H42F2N6O5/c1-37(20-41)16-23(17-37)46-11-5-10-38(9-4-8-28(38)46)21-51-36-43-33-30(34(44-36)45-12-13-50-19-25(48)18-45)35(49-2)42-32(31(33)40)26-15-24(47)14-22-6-3-7-27(39)29(22)26/h3,6-7,14-15,23,25,28,47-48H,4-5,8-13,16-19,21H2,1-2H3. The largest absolute Gasteiger partial charge is 0.508 e. The Labute approximate surface area is 294 Å². The fourth-order valence-corrected chi connectivity index (χ4v) is 9.15. The van der Waals surface area contributed by atoms with Crippen LogP contribution in [0.5, 0.6) is 17.6 Å². The minimum Gasteiger partial charge on any atom is -0.508 e. The number of nitrogens with zero attached hydrogens (tertiary/aromatic N) is 6. The molecule has 8 rings (SSSR count). The highest BCUT2D eigenvalue weighted by atomic mass is 19.1. The molecule has 11 nitrogen and oxygen atoms in total. The zero-order valence-electron chi connectivity index (χ0n) is 28.9. The van der Waals surface area contributed by atoms with Gasteiger partial charge in [0.25, 0.3) is 0 Å². The van der Waals surface area contributed by atoms with Crippen LogP contribution in [0.15, 0.2) is 30.3 Å². The van der Waals surface area contributed by atoms with Crippen LogP contribution in [-0.4, -0.2) is 94.8 Å². The number of aromatic hydroxyl groups is 1. The summed E-state index contributed by atoms with van der Waals surface area (Å²) in [6, 6.07) is 10.2. The van der Waals surface area contributed by atoms with Crippen molar-refractivity contribution in [3.8, 4) is 35.0 Å². The van der Waals surface area contributed by atoms with E-state index in [-0.39, 0.29) is 75.0 Å². The van der Waals surface area contributed by atoms with Crippen molar-refractivity contribution < 1.29 is 33.2 Å². The van der Waals surface area contributed by atoms with Gasteiger partial charge in [-0.1, -0.05) is 18.6 Å². The summed E-state index contributed by atoms with van der Waals surface area (Å²) in [4.78, 5) is 18.4. The van der Waals surface area contributed by atoms with Crippen LogP contribution in [0.4, 0.5) is 14.6 Å². The SMILES string of the molecule is COc1nc(-c2cc(O)cc3cccc(F)c23)c(F)c2nc(OCC34CCCC3N(C3CC(C)(C#N)C3)CCC4)nc(N3CCOCC(O)C3)c12. The number of piperidine rings is 1. The van der Waals surface area contributed by atoms with E-state index in [9.17, 15) is 15.5 Å². The molecule has 0 bridgehead atoms. The van der Waals surface area contributed by atoms with Gasteiger partial charge in [-0.25, -0.2) is 13.8 Å². The van der Waals surface area contributed by atoms with Crippen LogP contribution in [-0.2, 0) is 4.74 Å². The van der Waals surface area contributed by atoms with E-state index in [1.165, 1.54) is 31.4 Å². The molecule has 13 heteroatoms. The van der Waals surface area contributed by atoms with Gasteiger partial charge in [0.1, 0.15) is 34.0 Å². The molecule has 4 heterocycles. The molecule has 3 unspecified atom stereocenters. The lowest BCUT2D eigenvalue weighted by Gasteiger charge is -2.54. The Morgan fingerprint density at radius 2 is 1.92 bits per heavy atom. The zero-order valence-corrected chi connectivity index (χ0v) is 28.9. The molecule has 2 aromatic carbocycles. The number of phenols is 1. The molecule has 2 aromatic heterocycles. The van der Waals surface area contributed by atoms with Crippen LogP contribution in [0.2, 0.25) is 0 Å². The molecule has 2 N–H and O–H groups in total. The van der Waals surface area contributed by atoms with Crippen LogP contribution >= 0.6 is 0 Å². The Morgan fingerprint density at radius 3 is 2.73 bits per heavy atom. The van der Waals surface area contributed by atoms with Crippen molar-refractivity contribution >= 4 is 27.5 Å². The van der Waals surface area contributed by atoms with Gasteiger partial charge in [-0.2, -0.15) is 15.2 Å². The molecule has 2 aliphatic heterocycles. The van der Waals surface area contributed by atoms with Crippen LogP contribution in [0.1, 0.15) is 51.9 Å². The number of halogens is 2. The van der Waals surface area contributed by atoms with E-state index in [2.05, 4.69) is 20.9 Å². The summed E-state index contributed by atoms with van der Waals surface area (Å²) in [5.41, 5.74) is -0.751. The summed E-state index contributed by atoms with van der Waals surface area (Å²) in [5, 5.41) is 31.5. The second-order valence-corrected chi connectivity index (χ2v) is 15.0. The Morgan fingerprint density at radius 1 is 1.10 bits per heavy atom. The molecule has 51 heavy (non-hydrogen) atoms. The number of hydrogen-bond acceptors (Lipinski definition) is 11. The number of ether oxygens (including phenoxy) is 3. The number of benzene rings is 2. The number of hydrogen-bond donors (Lipinski definition) is 2. The van der Waals surface area contributed by atoms with Gasteiger partial charge in [0.05, 0.1) is 44.5 Å². The molecule has 4 aliphatic rings. The molecule has 2 aliphatic carbocycles. The maximum Gasteiger partial charge on any atom is 0.319 e. The van der Waals surface area contributed by atoms with E-state index in [0.717, 1.165) is 51.5 Å². The molecular formula is C38H42F2N6O5. The molecule has 3 atom stereocenters. The summed E-state index contributed by atoms with van der Waals surface area (Å²) >= 11 is 0. The van der Waals surface area contributed by atoms with Crippen LogP contribution < -0.4 is 14.4 Å². The predicted octanol–water partition coefficient (Wildman–Crippen LogP) is 5.74. The molecule has 4 aromatic rings. The van der Waals surface area contributed by atoms with Crippen molar-refractivity contribution in [3.05, 3.63) is 42.0 Å². The highest BCUT2D eigenvalue weighted by Crippen LogP contribution is 2.53. The number of β-amino-alcohol motifs (C(OH)–C–C–N with tert-alkyl or cyclic N) is 1. The number of fused-ring (bicyclic) bond motifs is 3. The second kappa shape index (κ2) is 13.0. The van der Waals surface area contributed by atoms with Crippen LogP contribution in [0.25, 0.3) is 32.9 Å². The molecule has 4 fully saturated rings. The van der Waals surface area contributed by atoms with Crippen molar-refractivity contribution in [2.24, 2.45) is 10.8 Å². The maximum absolute atomic E-state index is 17.0.